The Kier molecular flexibility index (Phi) is 6.68. The van der Waals surface area contributed by atoms with Crippen molar-refractivity contribution in [2.45, 2.75) is 30.8 Å². The van der Waals surface area contributed by atoms with Crippen LogP contribution in [0.15, 0.2) is 39.0 Å². The Labute approximate surface area is 174 Å². The second kappa shape index (κ2) is 9.04. The van der Waals surface area contributed by atoms with Crippen LogP contribution in [0.5, 0.6) is 5.75 Å². The number of hydrogen-bond donors (Lipinski definition) is 3. The summed E-state index contributed by atoms with van der Waals surface area (Å²) in [7, 11) is 1.50. The first kappa shape index (κ1) is 21.4. The predicted octanol–water partition coefficient (Wildman–Crippen LogP) is 0.989. The molecule has 0 aliphatic heterocycles. The number of thioether (sulfide) groups is 1. The number of rotatable bonds is 8. The maximum absolute atomic E-state index is 12.3. The van der Waals surface area contributed by atoms with Gasteiger partial charge in [0.2, 0.25) is 0 Å². The maximum Gasteiger partial charge on any atom is 0.329 e. The Balaban J connectivity index is 1.77. The number of aryl methyl sites for hydroxylation is 1. The first-order valence-electron chi connectivity index (χ1n) is 8.83. The summed E-state index contributed by atoms with van der Waals surface area (Å²) >= 11 is 7.03. The van der Waals surface area contributed by atoms with E-state index in [1.807, 2.05) is 0 Å². The number of hydrogen-bond acceptors (Lipinski definition) is 7. The minimum atomic E-state index is -0.808. The molecule has 0 amide bonds. The lowest BCUT2D eigenvalue weighted by atomic mass is 10.3. The smallest absolute Gasteiger partial charge is 0.329 e. The maximum atomic E-state index is 12.3. The molecule has 9 nitrogen and oxygen atoms in total. The van der Waals surface area contributed by atoms with Crippen LogP contribution in [0.1, 0.15) is 6.92 Å². The van der Waals surface area contributed by atoms with Crippen molar-refractivity contribution in [1.29, 1.82) is 0 Å². The predicted molar refractivity (Wildman–Crippen MR) is 111 cm³/mol. The molecule has 2 aromatic heterocycles. The minimum absolute atomic E-state index is 0.0599. The molecule has 0 aliphatic rings. The van der Waals surface area contributed by atoms with Crippen LogP contribution in [-0.4, -0.2) is 53.9 Å². The third-order valence-corrected chi connectivity index (χ3v) is 5.45. The molecule has 0 aliphatic carbocycles. The number of fused-ring (bicyclic) bond motifs is 1. The van der Waals surface area contributed by atoms with Crippen molar-refractivity contribution in [2.75, 3.05) is 12.4 Å². The van der Waals surface area contributed by atoms with Crippen molar-refractivity contribution in [3.05, 3.63) is 50.1 Å². The topological polar surface area (TPSA) is 122 Å². The van der Waals surface area contributed by atoms with Gasteiger partial charge in [-0.1, -0.05) is 23.4 Å². The first-order valence-corrected chi connectivity index (χ1v) is 10.2. The van der Waals surface area contributed by atoms with Crippen LogP contribution in [0.4, 0.5) is 0 Å². The van der Waals surface area contributed by atoms with E-state index in [0.717, 1.165) is 0 Å². The molecular formula is C18H21ClN4O5S. The normalized spacial score (nSPS) is 13.6. The van der Waals surface area contributed by atoms with Crippen molar-refractivity contribution in [3.8, 4) is 5.75 Å². The third kappa shape index (κ3) is 5.02. The van der Waals surface area contributed by atoms with Crippen LogP contribution in [0.3, 0.4) is 0 Å². The fourth-order valence-electron chi connectivity index (χ4n) is 2.70. The van der Waals surface area contributed by atoms with Gasteiger partial charge in [-0.3, -0.25) is 14.3 Å². The standard InChI is InChI=1S/C18H21ClN4O5S/c1-10(24)7-23-14-15(22(2)17(27)21-16(14)26)20-18(23)29-9-12(25)8-28-13-5-3-11(19)4-6-13/h3-6,10,12,24-25H,7-9H2,1-2H3,(H,21,26,27). The second-order valence-electron chi connectivity index (χ2n) is 6.57. The molecule has 0 radical (unpaired) electrons. The largest absolute Gasteiger partial charge is 0.491 e. The lowest BCUT2D eigenvalue weighted by Crippen LogP contribution is -2.29. The first-order chi connectivity index (χ1) is 13.8. The van der Waals surface area contributed by atoms with E-state index in [9.17, 15) is 19.8 Å². The molecule has 11 heteroatoms. The highest BCUT2D eigenvalue weighted by atomic mass is 35.5. The van der Waals surface area contributed by atoms with Gasteiger partial charge in [-0.05, 0) is 31.2 Å². The quantitative estimate of drug-likeness (QED) is 0.446. The molecule has 3 N–H and O–H groups in total. The number of aliphatic hydroxyl groups excluding tert-OH is 2. The summed E-state index contributed by atoms with van der Waals surface area (Å²) in [6, 6.07) is 6.80. The summed E-state index contributed by atoms with van der Waals surface area (Å²) in [5, 5.41) is 21.1. The summed E-state index contributed by atoms with van der Waals surface area (Å²) in [5.74, 6) is 0.823. The summed E-state index contributed by atoms with van der Waals surface area (Å²) in [5.41, 5.74) is -0.733. The van der Waals surface area contributed by atoms with Gasteiger partial charge >= 0.3 is 5.69 Å². The number of benzene rings is 1. The van der Waals surface area contributed by atoms with E-state index >= 15 is 0 Å². The molecule has 0 saturated heterocycles. The molecule has 2 unspecified atom stereocenters. The molecule has 0 spiro atoms. The molecule has 1 aromatic carbocycles. The molecule has 3 rings (SSSR count). The van der Waals surface area contributed by atoms with E-state index in [0.29, 0.717) is 15.9 Å². The van der Waals surface area contributed by atoms with Crippen molar-refractivity contribution >= 4 is 34.5 Å². The zero-order valence-corrected chi connectivity index (χ0v) is 17.4. The average molecular weight is 441 g/mol. The Morgan fingerprint density at radius 3 is 2.62 bits per heavy atom. The lowest BCUT2D eigenvalue weighted by molar-refractivity contribution is 0.126. The Morgan fingerprint density at radius 1 is 1.28 bits per heavy atom. The second-order valence-corrected chi connectivity index (χ2v) is 8.00. The number of aromatic amines is 1. The van der Waals surface area contributed by atoms with Crippen molar-refractivity contribution in [2.24, 2.45) is 7.05 Å². The van der Waals surface area contributed by atoms with Gasteiger partial charge in [0.1, 0.15) is 12.4 Å². The average Bonchev–Trinajstić information content (AvgIpc) is 3.02. The van der Waals surface area contributed by atoms with Crippen LogP contribution in [-0.2, 0) is 13.6 Å². The fraction of sp³-hybridized carbons (Fsp3) is 0.389. The minimum Gasteiger partial charge on any atom is -0.491 e. The van der Waals surface area contributed by atoms with E-state index in [4.69, 9.17) is 16.3 Å². The van der Waals surface area contributed by atoms with Crippen molar-refractivity contribution in [3.63, 3.8) is 0 Å². The number of nitrogens with one attached hydrogen (secondary N) is 1. The molecule has 0 fully saturated rings. The summed E-state index contributed by atoms with van der Waals surface area (Å²) in [6.07, 6.45) is -1.54. The van der Waals surface area contributed by atoms with Crippen LogP contribution < -0.4 is 16.0 Å². The SMILES string of the molecule is CC(O)Cn1c(SCC(O)COc2ccc(Cl)cc2)nc2c1c(=O)[nH]c(=O)n2C. The van der Waals surface area contributed by atoms with E-state index in [2.05, 4.69) is 9.97 Å². The Morgan fingerprint density at radius 2 is 1.97 bits per heavy atom. The van der Waals surface area contributed by atoms with Crippen LogP contribution in [0.25, 0.3) is 11.2 Å². The molecule has 2 atom stereocenters. The Hall–Kier alpha value is -2.27. The van der Waals surface area contributed by atoms with Crippen LogP contribution >= 0.6 is 23.4 Å². The number of nitrogens with zero attached hydrogens (tertiary/aromatic N) is 3. The summed E-state index contributed by atoms with van der Waals surface area (Å²) in [6.45, 7) is 1.77. The molecule has 0 saturated carbocycles. The Bertz CT molecular complexity index is 1110. The molecule has 0 bridgehead atoms. The number of aliphatic hydroxyl groups is 2. The van der Waals surface area contributed by atoms with Gasteiger partial charge in [-0.2, -0.15) is 0 Å². The number of imidazole rings is 1. The van der Waals surface area contributed by atoms with Gasteiger partial charge in [0.15, 0.2) is 16.3 Å². The van der Waals surface area contributed by atoms with Crippen LogP contribution in [0, 0.1) is 0 Å². The zero-order chi connectivity index (χ0) is 21.1. The van der Waals surface area contributed by atoms with E-state index < -0.39 is 23.5 Å². The number of H-pyrrole nitrogens is 1. The number of halogens is 1. The van der Waals surface area contributed by atoms with E-state index in [1.54, 1.807) is 35.8 Å². The molecule has 3 aromatic rings. The van der Waals surface area contributed by atoms with E-state index in [1.165, 1.54) is 23.4 Å². The van der Waals surface area contributed by atoms with Gasteiger partial charge in [0, 0.05) is 17.8 Å². The van der Waals surface area contributed by atoms with E-state index in [-0.39, 0.29) is 30.1 Å². The highest BCUT2D eigenvalue weighted by Gasteiger charge is 2.19. The number of aromatic nitrogens is 4. The van der Waals surface area contributed by atoms with Gasteiger partial charge in [0.05, 0.1) is 18.8 Å². The zero-order valence-electron chi connectivity index (χ0n) is 15.8. The highest BCUT2D eigenvalue weighted by molar-refractivity contribution is 7.99. The van der Waals surface area contributed by atoms with Crippen LogP contribution in [0.2, 0.25) is 5.02 Å². The van der Waals surface area contributed by atoms with Gasteiger partial charge in [-0.25, -0.2) is 9.78 Å². The van der Waals surface area contributed by atoms with Crippen molar-refractivity contribution in [1.82, 2.24) is 19.1 Å². The monoisotopic (exact) mass is 440 g/mol. The fourth-order valence-corrected chi connectivity index (χ4v) is 3.74. The molecule has 2 heterocycles. The van der Waals surface area contributed by atoms with Gasteiger partial charge in [-0.15, -0.1) is 0 Å². The van der Waals surface area contributed by atoms with Crippen molar-refractivity contribution < 1.29 is 14.9 Å². The summed E-state index contributed by atoms with van der Waals surface area (Å²) in [4.78, 5) is 30.7. The van der Waals surface area contributed by atoms with Gasteiger partial charge < -0.3 is 19.5 Å². The summed E-state index contributed by atoms with van der Waals surface area (Å²) < 4.78 is 8.32. The molecule has 156 valence electrons. The molecule has 29 heavy (non-hydrogen) atoms. The lowest BCUT2D eigenvalue weighted by Gasteiger charge is -2.13. The van der Waals surface area contributed by atoms with Gasteiger partial charge in [0.25, 0.3) is 5.56 Å². The number of ether oxygens (including phenoxy) is 1. The third-order valence-electron chi connectivity index (χ3n) is 4.08. The molecular weight excluding hydrogens is 420 g/mol. The highest BCUT2D eigenvalue weighted by Crippen LogP contribution is 2.23.